The summed E-state index contributed by atoms with van der Waals surface area (Å²) >= 11 is 0. The molecule has 0 spiro atoms. The molecule has 1 aliphatic heterocycles. The van der Waals surface area contributed by atoms with Gasteiger partial charge in [0.25, 0.3) is 0 Å². The quantitative estimate of drug-likeness (QED) is 0.218. The van der Waals surface area contributed by atoms with Crippen LogP contribution in [0.25, 0.3) is 32.8 Å². The van der Waals surface area contributed by atoms with E-state index in [2.05, 4.69) is 40.5 Å². The number of likely N-dealkylation sites (tertiary alicyclic amines) is 1. The number of nitrogens with one attached hydrogen (secondary N) is 1. The number of carboxylic acids is 1. The lowest BCUT2D eigenvalue weighted by molar-refractivity contribution is -0.136. The molecular formula is C33H40FN3O3. The topological polar surface area (TPSA) is 74.7 Å². The van der Waals surface area contributed by atoms with E-state index in [1.54, 1.807) is 7.11 Å². The van der Waals surface area contributed by atoms with Crippen molar-refractivity contribution in [1.29, 1.82) is 0 Å². The van der Waals surface area contributed by atoms with E-state index < -0.39 is 5.97 Å². The number of rotatable bonds is 10. The number of halogens is 1. The van der Waals surface area contributed by atoms with Gasteiger partial charge in [0, 0.05) is 31.1 Å². The zero-order valence-corrected chi connectivity index (χ0v) is 23.6. The number of carboxylic acid groups (broad SMARTS) is 1. The summed E-state index contributed by atoms with van der Waals surface area (Å²) in [5.74, 6) is 0.00729. The van der Waals surface area contributed by atoms with Gasteiger partial charge >= 0.3 is 5.97 Å². The van der Waals surface area contributed by atoms with Crippen molar-refractivity contribution < 1.29 is 19.0 Å². The molecule has 0 unspecified atom stereocenters. The van der Waals surface area contributed by atoms with Gasteiger partial charge in [-0.1, -0.05) is 49.7 Å². The maximum Gasteiger partial charge on any atom is 0.303 e. The summed E-state index contributed by atoms with van der Waals surface area (Å²) in [6.45, 7) is 6.29. The molecule has 6 nitrogen and oxygen atoms in total. The van der Waals surface area contributed by atoms with E-state index >= 15 is 0 Å². The van der Waals surface area contributed by atoms with Crippen molar-refractivity contribution in [3.05, 3.63) is 71.9 Å². The van der Waals surface area contributed by atoms with E-state index in [1.807, 2.05) is 37.4 Å². The number of piperidine rings is 1. The largest absolute Gasteiger partial charge is 0.496 e. The molecule has 4 aromatic rings. The van der Waals surface area contributed by atoms with Crippen LogP contribution in [0, 0.1) is 0 Å². The Kier molecular flexibility index (Phi) is 10.8. The summed E-state index contributed by atoms with van der Waals surface area (Å²) in [4.78, 5) is 18.5. The molecule has 0 aliphatic carbocycles. The van der Waals surface area contributed by atoms with Crippen LogP contribution in [0.2, 0.25) is 0 Å². The highest BCUT2D eigenvalue weighted by Gasteiger charge is 2.18. The number of benzene rings is 3. The summed E-state index contributed by atoms with van der Waals surface area (Å²) in [5, 5.41) is 15.3. The summed E-state index contributed by atoms with van der Waals surface area (Å²) in [6, 6.07) is 18.7. The molecule has 212 valence electrons. The average molecular weight is 546 g/mol. The van der Waals surface area contributed by atoms with Gasteiger partial charge in [-0.25, -0.2) is 4.39 Å². The number of methoxy groups -OCH3 is 1. The number of carbonyl (C=O) groups is 1. The smallest absolute Gasteiger partial charge is 0.303 e. The van der Waals surface area contributed by atoms with Gasteiger partial charge in [-0.2, -0.15) is 0 Å². The maximum atomic E-state index is 11.2. The lowest BCUT2D eigenvalue weighted by Crippen LogP contribution is -2.29. The van der Waals surface area contributed by atoms with Crippen LogP contribution >= 0.6 is 0 Å². The number of fused-ring (bicyclic) bond motifs is 2. The first-order chi connectivity index (χ1) is 19.6. The molecule has 2 N–H and O–H groups in total. The van der Waals surface area contributed by atoms with Gasteiger partial charge < -0.3 is 15.2 Å². The Morgan fingerprint density at radius 3 is 2.48 bits per heavy atom. The van der Waals surface area contributed by atoms with Gasteiger partial charge in [-0.15, -0.1) is 0 Å². The molecule has 3 aromatic carbocycles. The van der Waals surface area contributed by atoms with E-state index in [0.29, 0.717) is 13.0 Å². The molecule has 0 saturated carbocycles. The summed E-state index contributed by atoms with van der Waals surface area (Å²) < 4.78 is 16.9. The number of nitrogens with zero attached hydrogens (tertiary/aromatic N) is 2. The predicted molar refractivity (Wildman–Crippen MR) is 161 cm³/mol. The third kappa shape index (κ3) is 7.14. The van der Waals surface area contributed by atoms with Crippen molar-refractivity contribution in [1.82, 2.24) is 15.2 Å². The molecule has 1 aromatic heterocycles. The number of aromatic nitrogens is 1. The molecule has 0 bridgehead atoms. The molecule has 0 radical (unpaired) electrons. The molecule has 7 heteroatoms. The number of hydrogen-bond acceptors (Lipinski definition) is 5. The van der Waals surface area contributed by atoms with Crippen LogP contribution in [0.1, 0.15) is 43.7 Å². The zero-order chi connectivity index (χ0) is 28.3. The lowest BCUT2D eigenvalue weighted by Gasteiger charge is -2.27. The Morgan fingerprint density at radius 2 is 1.77 bits per heavy atom. The van der Waals surface area contributed by atoms with Crippen molar-refractivity contribution in [3.8, 4) is 16.9 Å². The Labute approximate surface area is 236 Å². The minimum absolute atomic E-state index is 0.113. The molecule has 0 atom stereocenters. The number of pyridine rings is 1. The van der Waals surface area contributed by atoms with Crippen molar-refractivity contribution in [2.45, 2.75) is 45.6 Å². The van der Waals surface area contributed by atoms with Gasteiger partial charge in [0.2, 0.25) is 0 Å². The number of aliphatic carboxylic acids is 1. The van der Waals surface area contributed by atoms with Crippen molar-refractivity contribution in [2.75, 3.05) is 40.0 Å². The standard InChI is InChI=1S/C29H30N2O3.C4H10FN/c1-34-26-13-12-23-21(19-31-17-3-2-4-18-31)15-16-30-29(23)28(26)25-10-6-8-22-20(11-14-27(32)33)7-5-9-24(22)25;1-2-6-4-3-5/h5-10,12-13,15-16H,2-4,11,14,17-19H2,1H3,(H,32,33);6H,2-4H2,1H3. The first-order valence-corrected chi connectivity index (χ1v) is 14.2. The van der Waals surface area contributed by atoms with Crippen LogP contribution in [0.3, 0.4) is 0 Å². The first-order valence-electron chi connectivity index (χ1n) is 14.2. The fourth-order valence-electron chi connectivity index (χ4n) is 5.48. The van der Waals surface area contributed by atoms with Crippen molar-refractivity contribution in [2.24, 2.45) is 0 Å². The van der Waals surface area contributed by atoms with Crippen molar-refractivity contribution >= 4 is 27.6 Å². The molecule has 5 rings (SSSR count). The average Bonchev–Trinajstić information content (AvgIpc) is 2.99. The Balaban J connectivity index is 0.000000557. The highest BCUT2D eigenvalue weighted by atomic mass is 19.1. The van der Waals surface area contributed by atoms with Crippen LogP contribution in [0.4, 0.5) is 4.39 Å². The number of aryl methyl sites for hydroxylation is 1. The molecule has 1 aliphatic rings. The Morgan fingerprint density at radius 1 is 1.00 bits per heavy atom. The van der Waals surface area contributed by atoms with E-state index in [0.717, 1.165) is 70.3 Å². The van der Waals surface area contributed by atoms with E-state index in [4.69, 9.17) is 9.72 Å². The molecule has 40 heavy (non-hydrogen) atoms. The minimum Gasteiger partial charge on any atom is -0.496 e. The zero-order valence-electron chi connectivity index (χ0n) is 23.6. The number of ether oxygens (including phenoxy) is 1. The summed E-state index contributed by atoms with van der Waals surface area (Å²) in [7, 11) is 1.70. The predicted octanol–water partition coefficient (Wildman–Crippen LogP) is 6.63. The second-order valence-corrected chi connectivity index (χ2v) is 10.1. The second-order valence-electron chi connectivity index (χ2n) is 10.1. The van der Waals surface area contributed by atoms with Crippen LogP contribution in [0.5, 0.6) is 5.75 Å². The van der Waals surface area contributed by atoms with Crippen molar-refractivity contribution in [3.63, 3.8) is 0 Å². The molecule has 0 amide bonds. The number of hydrogen-bond donors (Lipinski definition) is 2. The third-order valence-electron chi connectivity index (χ3n) is 7.44. The fraction of sp³-hybridized carbons (Fsp3) is 0.394. The molecule has 1 saturated heterocycles. The number of alkyl halides is 1. The Hall–Kier alpha value is -3.55. The van der Waals surface area contributed by atoms with E-state index in [-0.39, 0.29) is 13.1 Å². The van der Waals surface area contributed by atoms with Gasteiger partial charge in [0.05, 0.1) is 18.2 Å². The van der Waals surface area contributed by atoms with Gasteiger partial charge in [-0.05, 0) is 84.6 Å². The monoisotopic (exact) mass is 545 g/mol. The van der Waals surface area contributed by atoms with Crippen LogP contribution < -0.4 is 10.1 Å². The van der Waals surface area contributed by atoms with E-state index in [1.165, 1.54) is 24.8 Å². The molecule has 1 fully saturated rings. The third-order valence-corrected chi connectivity index (χ3v) is 7.44. The maximum absolute atomic E-state index is 11.2. The van der Waals surface area contributed by atoms with Crippen LogP contribution in [-0.2, 0) is 17.8 Å². The first kappa shape index (κ1) is 29.4. The van der Waals surface area contributed by atoms with Crippen LogP contribution in [0.15, 0.2) is 60.8 Å². The van der Waals surface area contributed by atoms with E-state index in [9.17, 15) is 14.3 Å². The van der Waals surface area contributed by atoms with Gasteiger partial charge in [0.1, 0.15) is 12.4 Å². The SMILES string of the molecule is CCNCCF.COc1ccc2c(CN3CCCCC3)ccnc2c1-c1cccc2c(CCC(=O)O)cccc12. The van der Waals surface area contributed by atoms with Crippen LogP contribution in [-0.4, -0.2) is 60.9 Å². The molecular weight excluding hydrogens is 505 g/mol. The Bertz CT molecular complexity index is 1420. The second kappa shape index (κ2) is 14.7. The highest BCUT2D eigenvalue weighted by molar-refractivity contribution is 6.07. The van der Waals surface area contributed by atoms with Gasteiger partial charge in [-0.3, -0.25) is 14.7 Å². The molecule has 2 heterocycles. The van der Waals surface area contributed by atoms with Gasteiger partial charge in [0.15, 0.2) is 0 Å². The fourth-order valence-corrected chi connectivity index (χ4v) is 5.48. The summed E-state index contributed by atoms with van der Waals surface area (Å²) in [5.41, 5.74) is 5.32. The minimum atomic E-state index is -0.783. The normalized spacial score (nSPS) is 13.7. The highest BCUT2D eigenvalue weighted by Crippen LogP contribution is 2.41. The lowest BCUT2D eigenvalue weighted by atomic mass is 9.91. The summed E-state index contributed by atoms with van der Waals surface area (Å²) in [6.07, 6.45) is 6.38.